The van der Waals surface area contributed by atoms with Gasteiger partial charge in [-0.15, -0.1) is 0 Å². The minimum absolute atomic E-state index is 0.0371. The molecule has 3 aliphatic heterocycles. The highest BCUT2D eigenvalue weighted by atomic mass is 16.6. The van der Waals surface area contributed by atoms with Gasteiger partial charge < -0.3 is 29.2 Å². The maximum Gasteiger partial charge on any atom is 0.421 e. The van der Waals surface area contributed by atoms with Crippen LogP contribution in [-0.2, 0) is 34.0 Å². The fraction of sp³-hybridized carbons (Fsp3) is 0.319. The first kappa shape index (κ1) is 39.6. The van der Waals surface area contributed by atoms with Gasteiger partial charge in [0.2, 0.25) is 5.91 Å². The molecule has 4 aromatic carbocycles. The van der Waals surface area contributed by atoms with Crippen LogP contribution in [0.1, 0.15) is 71.7 Å². The lowest BCUT2D eigenvalue weighted by molar-refractivity contribution is -0.179. The van der Waals surface area contributed by atoms with Gasteiger partial charge in [0.15, 0.2) is 0 Å². The number of imide groups is 1. The molecule has 12 heteroatoms. The van der Waals surface area contributed by atoms with E-state index in [-0.39, 0.29) is 37.7 Å². The van der Waals surface area contributed by atoms with Gasteiger partial charge in [0.1, 0.15) is 42.4 Å². The molecule has 59 heavy (non-hydrogen) atoms. The molecule has 0 saturated carbocycles. The van der Waals surface area contributed by atoms with Crippen molar-refractivity contribution >= 4 is 29.6 Å². The molecule has 6 atom stereocenters. The van der Waals surface area contributed by atoms with E-state index in [1.165, 1.54) is 7.11 Å². The number of nitrogens with zero attached hydrogens (tertiary/aromatic N) is 2. The molecular weight excluding hydrogens is 753 g/mol. The zero-order chi connectivity index (χ0) is 41.1. The van der Waals surface area contributed by atoms with Crippen LogP contribution in [0.4, 0.5) is 10.5 Å². The van der Waals surface area contributed by atoms with E-state index in [9.17, 15) is 24.6 Å². The third-order valence-corrected chi connectivity index (χ3v) is 11.6. The number of morpholine rings is 1. The molecule has 2 fully saturated rings. The molecule has 1 aliphatic carbocycles. The lowest BCUT2D eigenvalue weighted by atomic mass is 9.65. The number of rotatable bonds is 10. The molecule has 2 amide bonds. The van der Waals surface area contributed by atoms with Gasteiger partial charge in [-0.05, 0) is 83.8 Å². The summed E-state index contributed by atoms with van der Waals surface area (Å²) in [5.41, 5.74) is 1.60. The monoisotopic (exact) mass is 796 g/mol. The minimum Gasteiger partial charge on any atom is -0.491 e. The normalized spacial score (nSPS) is 24.7. The molecule has 4 aromatic rings. The van der Waals surface area contributed by atoms with Crippen LogP contribution < -0.4 is 9.64 Å². The van der Waals surface area contributed by atoms with Gasteiger partial charge in [0.25, 0.3) is 0 Å². The largest absolute Gasteiger partial charge is 0.491 e. The van der Waals surface area contributed by atoms with Gasteiger partial charge in [-0.2, -0.15) is 0 Å². The van der Waals surface area contributed by atoms with Gasteiger partial charge >= 0.3 is 18.0 Å². The molecule has 1 spiro atoms. The van der Waals surface area contributed by atoms with Crippen molar-refractivity contribution in [2.75, 3.05) is 38.4 Å². The summed E-state index contributed by atoms with van der Waals surface area (Å²) in [6.07, 6.45) is 4.06. The predicted molar refractivity (Wildman–Crippen MR) is 215 cm³/mol. The Hall–Kier alpha value is -6.26. The average molecular weight is 797 g/mol. The lowest BCUT2D eigenvalue weighted by Gasteiger charge is -2.46. The van der Waals surface area contributed by atoms with Crippen LogP contribution in [0.5, 0.6) is 5.75 Å². The van der Waals surface area contributed by atoms with Gasteiger partial charge in [-0.1, -0.05) is 90.7 Å². The Labute approximate surface area is 341 Å². The number of benzene rings is 4. The van der Waals surface area contributed by atoms with Gasteiger partial charge in [0.05, 0.1) is 31.0 Å². The second kappa shape index (κ2) is 16.9. The molecule has 3 heterocycles. The number of carbonyl (C=O) groups is 4. The second-order valence-electron chi connectivity index (χ2n) is 14.9. The molecule has 0 bridgehead atoms. The van der Waals surface area contributed by atoms with Crippen LogP contribution in [0, 0.1) is 17.8 Å². The molecule has 0 unspecified atom stereocenters. The molecule has 0 radical (unpaired) electrons. The first-order valence-corrected chi connectivity index (χ1v) is 19.8. The van der Waals surface area contributed by atoms with Crippen molar-refractivity contribution in [3.05, 3.63) is 143 Å². The van der Waals surface area contributed by atoms with E-state index in [4.69, 9.17) is 18.9 Å². The molecule has 2 N–H and O–H groups in total. The Morgan fingerprint density at radius 2 is 1.58 bits per heavy atom. The number of methoxy groups -OCH3 is 1. The highest BCUT2D eigenvalue weighted by Crippen LogP contribution is 2.66. The Morgan fingerprint density at radius 1 is 0.847 bits per heavy atom. The van der Waals surface area contributed by atoms with E-state index in [0.29, 0.717) is 22.4 Å². The van der Waals surface area contributed by atoms with Crippen LogP contribution in [-0.4, -0.2) is 78.6 Å². The Balaban J connectivity index is 1.41. The number of amides is 2. The van der Waals surface area contributed by atoms with Gasteiger partial charge in [-0.3, -0.25) is 19.3 Å². The van der Waals surface area contributed by atoms with E-state index in [1.54, 1.807) is 42.5 Å². The smallest absolute Gasteiger partial charge is 0.421 e. The van der Waals surface area contributed by atoms with Crippen LogP contribution >= 0.6 is 0 Å². The first-order valence-electron chi connectivity index (χ1n) is 19.8. The molecule has 8 rings (SSSR count). The summed E-state index contributed by atoms with van der Waals surface area (Å²) in [5, 5.41) is 21.0. The van der Waals surface area contributed by atoms with Crippen LogP contribution in [0.2, 0.25) is 0 Å². The Kier molecular flexibility index (Phi) is 11.3. The number of allylic oxidation sites excluding steroid dienone is 2. The highest BCUT2D eigenvalue weighted by molar-refractivity contribution is 6.23. The summed E-state index contributed by atoms with van der Waals surface area (Å²) in [5.74, 6) is 2.07. The summed E-state index contributed by atoms with van der Waals surface area (Å²) in [6, 6.07) is 26.8. The number of aliphatic carboxylic acids is 1. The molecule has 0 aromatic heterocycles. The number of fused-ring (bicyclic) bond motifs is 3. The summed E-state index contributed by atoms with van der Waals surface area (Å²) in [6.45, 7) is -0.288. The number of aliphatic hydroxyl groups is 1. The van der Waals surface area contributed by atoms with Crippen molar-refractivity contribution in [1.82, 2.24) is 4.90 Å². The number of hydrogen-bond acceptors (Lipinski definition) is 10. The van der Waals surface area contributed by atoms with Crippen LogP contribution in [0.3, 0.4) is 0 Å². The number of carboxylic acid groups (broad SMARTS) is 1. The summed E-state index contributed by atoms with van der Waals surface area (Å²) >= 11 is 0. The van der Waals surface area contributed by atoms with Crippen LogP contribution in [0.15, 0.2) is 115 Å². The second-order valence-corrected chi connectivity index (χ2v) is 14.9. The lowest BCUT2D eigenvalue weighted by Crippen LogP contribution is -2.53. The number of esters is 1. The van der Waals surface area contributed by atoms with E-state index in [1.807, 2.05) is 65.6 Å². The van der Waals surface area contributed by atoms with Gasteiger partial charge in [-0.25, -0.2) is 9.69 Å². The fourth-order valence-corrected chi connectivity index (χ4v) is 9.24. The average Bonchev–Trinajstić information content (AvgIpc) is 3.72. The molecule has 4 aliphatic rings. The summed E-state index contributed by atoms with van der Waals surface area (Å²) in [7, 11) is 1.45. The maximum absolute atomic E-state index is 15.8. The van der Waals surface area contributed by atoms with Crippen molar-refractivity contribution in [3.8, 4) is 17.6 Å². The quantitative estimate of drug-likeness (QED) is 0.104. The first-order chi connectivity index (χ1) is 28.8. The fourth-order valence-electron chi connectivity index (χ4n) is 9.24. The SMILES string of the molecule is COCCOC(=O)N1C(=O)[C@@]2(c3cc(C#CC4=CCCCC4)ccc31)[C@H](C(=O)O)[C@H]1C(=O)O[C@H](c3ccccc3)[C@H](c3ccccc3)N1[C@@H]2c1ccc(OCCO)cc1. The Morgan fingerprint density at radius 3 is 2.24 bits per heavy atom. The third-order valence-electron chi connectivity index (χ3n) is 11.6. The number of carbonyl (C=O) groups excluding carboxylic acids is 3. The number of aliphatic hydroxyl groups excluding tert-OH is 1. The number of ether oxygens (including phenoxy) is 4. The van der Waals surface area contributed by atoms with Crippen molar-refractivity contribution < 1.29 is 48.3 Å². The van der Waals surface area contributed by atoms with E-state index in [2.05, 4.69) is 17.9 Å². The van der Waals surface area contributed by atoms with E-state index < -0.39 is 59.5 Å². The third kappa shape index (κ3) is 7.05. The number of cyclic esters (lactones) is 1. The van der Waals surface area contributed by atoms with Crippen molar-refractivity contribution in [2.24, 2.45) is 5.92 Å². The Bertz CT molecular complexity index is 2320. The zero-order valence-corrected chi connectivity index (χ0v) is 32.5. The van der Waals surface area contributed by atoms with E-state index >= 15 is 4.79 Å². The van der Waals surface area contributed by atoms with Crippen molar-refractivity contribution in [1.29, 1.82) is 0 Å². The molecular formula is C47H44N2O10. The van der Waals surface area contributed by atoms with E-state index in [0.717, 1.165) is 41.7 Å². The number of anilines is 1. The predicted octanol–water partition coefficient (Wildman–Crippen LogP) is 6.44. The highest BCUT2D eigenvalue weighted by Gasteiger charge is 2.76. The molecule has 12 nitrogen and oxygen atoms in total. The topological polar surface area (TPSA) is 152 Å². The van der Waals surface area contributed by atoms with Crippen molar-refractivity contribution in [3.63, 3.8) is 0 Å². The maximum atomic E-state index is 15.8. The summed E-state index contributed by atoms with van der Waals surface area (Å²) in [4.78, 5) is 61.5. The summed E-state index contributed by atoms with van der Waals surface area (Å²) < 4.78 is 22.7. The van der Waals surface area contributed by atoms with Gasteiger partial charge in [0, 0.05) is 12.7 Å². The molecule has 2 saturated heterocycles. The minimum atomic E-state index is -2.11. The number of carboxylic acids is 1. The molecule has 302 valence electrons. The number of hydrogen-bond donors (Lipinski definition) is 2. The zero-order valence-electron chi connectivity index (χ0n) is 32.5. The standard InChI is InChI=1S/C47H44N2O10/c1-56-27-28-58-46(55)48-37-24-19-31(18-17-30-11-5-2-6-12-30)29-36(37)47(45(48)54)38(43(51)52)40-44(53)59-41(33-15-9-4-10-16-33)39(32-13-7-3-8-14-32)49(40)42(47)34-20-22-35(23-21-34)57-26-25-50/h3-4,7-11,13-16,19-24,29,38-42,50H,2,5-6,12,25-28H2,1H3,(H,51,52)/t38-,39-,40-,41+,42+,47-/m0/s1. The van der Waals surface area contributed by atoms with Crippen LogP contribution in [0.25, 0.3) is 0 Å². The van der Waals surface area contributed by atoms with Crippen molar-refractivity contribution in [2.45, 2.75) is 55.3 Å².